The smallest absolute Gasteiger partial charge is 0.301 e. The highest BCUT2D eigenvalue weighted by molar-refractivity contribution is 7.22. The molecule has 1 aliphatic heterocycles. The molecule has 7 heteroatoms. The van der Waals surface area contributed by atoms with Crippen molar-refractivity contribution < 1.29 is 19.4 Å². The fraction of sp³-hybridized carbons (Fsp3) is 0.207. The lowest BCUT2D eigenvalue weighted by atomic mass is 9.95. The average Bonchev–Trinajstić information content (AvgIpc) is 3.42. The summed E-state index contributed by atoms with van der Waals surface area (Å²) in [4.78, 5) is 32.9. The van der Waals surface area contributed by atoms with Gasteiger partial charge in [0.15, 0.2) is 5.13 Å². The second-order valence-corrected chi connectivity index (χ2v) is 9.79. The number of carbonyl (C=O) groups excluding carboxylic acids is 2. The quantitative estimate of drug-likeness (QED) is 0.138. The van der Waals surface area contributed by atoms with E-state index < -0.39 is 17.7 Å². The highest BCUT2D eigenvalue weighted by Gasteiger charge is 2.48. The van der Waals surface area contributed by atoms with Crippen molar-refractivity contribution in [1.82, 2.24) is 4.98 Å². The fourth-order valence-corrected chi connectivity index (χ4v) is 5.42. The predicted octanol–water partition coefficient (Wildman–Crippen LogP) is 6.41. The normalized spacial score (nSPS) is 17.2. The van der Waals surface area contributed by atoms with Gasteiger partial charge in [-0.2, -0.15) is 0 Å². The van der Waals surface area contributed by atoms with Crippen molar-refractivity contribution in [3.05, 3.63) is 95.1 Å². The number of benzene rings is 3. The summed E-state index contributed by atoms with van der Waals surface area (Å²) in [6.45, 7) is 4.66. The van der Waals surface area contributed by atoms with E-state index in [0.717, 1.165) is 28.6 Å². The molecule has 0 aliphatic carbocycles. The highest BCUT2D eigenvalue weighted by Crippen LogP contribution is 2.44. The molecule has 1 atom stereocenters. The van der Waals surface area contributed by atoms with Crippen molar-refractivity contribution in [2.75, 3.05) is 11.5 Å². The number of amides is 1. The Morgan fingerprint density at radius 3 is 2.64 bits per heavy atom. The van der Waals surface area contributed by atoms with Crippen LogP contribution in [0.15, 0.2) is 78.4 Å². The number of Topliss-reactive ketones (excluding diaryl/α,β-unsaturated/α-hetero) is 1. The molecule has 0 spiro atoms. The number of ether oxygens (including phenoxy) is 1. The Morgan fingerprint density at radius 2 is 1.86 bits per heavy atom. The van der Waals surface area contributed by atoms with Crippen LogP contribution < -0.4 is 9.64 Å². The number of hydrogen-bond donors (Lipinski definition) is 1. The van der Waals surface area contributed by atoms with Gasteiger partial charge in [0.25, 0.3) is 5.78 Å². The number of fused-ring (bicyclic) bond motifs is 1. The summed E-state index contributed by atoms with van der Waals surface area (Å²) in [6, 6.07) is 21.2. The van der Waals surface area contributed by atoms with Crippen molar-refractivity contribution in [3.8, 4) is 5.75 Å². The minimum absolute atomic E-state index is 0.0346. The first-order valence-corrected chi connectivity index (χ1v) is 12.8. The standard InChI is InChI=1S/C29H26N2O4S/c1-3-4-15-35-21-12-8-11-20(17-21)25-24(26(32)19-9-6-5-7-10-19)27(33)28(34)31(25)29-30-22-14-13-18(2)16-23(22)36-29/h5-14,16-17,25,32H,3-4,15H2,1-2H3. The number of ketones is 1. The van der Waals surface area contributed by atoms with Crippen LogP contribution in [0.3, 0.4) is 0 Å². The van der Waals surface area contributed by atoms with Gasteiger partial charge in [0.05, 0.1) is 28.4 Å². The largest absolute Gasteiger partial charge is 0.507 e. The van der Waals surface area contributed by atoms with Crippen LogP contribution >= 0.6 is 11.3 Å². The Labute approximate surface area is 213 Å². The number of hydrogen-bond acceptors (Lipinski definition) is 6. The Balaban J connectivity index is 1.67. The molecule has 6 nitrogen and oxygen atoms in total. The number of unbranched alkanes of at least 4 members (excludes halogenated alkanes) is 1. The van der Waals surface area contributed by atoms with E-state index in [1.54, 1.807) is 24.3 Å². The topological polar surface area (TPSA) is 79.7 Å². The molecule has 5 rings (SSSR count). The molecule has 2 heterocycles. The Kier molecular flexibility index (Phi) is 6.57. The molecule has 1 saturated heterocycles. The first kappa shape index (κ1) is 23.8. The van der Waals surface area contributed by atoms with E-state index in [9.17, 15) is 14.7 Å². The molecular formula is C29H26N2O4S. The summed E-state index contributed by atoms with van der Waals surface area (Å²) < 4.78 is 6.82. The second-order valence-electron chi connectivity index (χ2n) is 8.78. The number of anilines is 1. The minimum Gasteiger partial charge on any atom is -0.507 e. The molecule has 1 fully saturated rings. The van der Waals surface area contributed by atoms with Crippen molar-refractivity contribution in [2.45, 2.75) is 32.7 Å². The lowest BCUT2D eigenvalue weighted by Gasteiger charge is -2.23. The zero-order valence-electron chi connectivity index (χ0n) is 20.1. The second kappa shape index (κ2) is 9.95. The van der Waals surface area contributed by atoms with Crippen molar-refractivity contribution in [3.63, 3.8) is 0 Å². The third-order valence-corrected chi connectivity index (χ3v) is 7.19. The molecule has 1 amide bonds. The van der Waals surface area contributed by atoms with Gasteiger partial charge in [-0.25, -0.2) is 4.98 Å². The first-order valence-electron chi connectivity index (χ1n) is 11.9. The number of aliphatic hydroxyl groups is 1. The molecule has 0 saturated carbocycles. The van der Waals surface area contributed by atoms with Gasteiger partial charge in [0.1, 0.15) is 11.5 Å². The number of carbonyl (C=O) groups is 2. The molecule has 0 radical (unpaired) electrons. The van der Waals surface area contributed by atoms with Gasteiger partial charge >= 0.3 is 5.91 Å². The van der Waals surface area contributed by atoms with E-state index in [0.29, 0.717) is 28.6 Å². The first-order chi connectivity index (χ1) is 17.5. The van der Waals surface area contributed by atoms with Crippen molar-refractivity contribution >= 4 is 44.1 Å². The lowest BCUT2D eigenvalue weighted by molar-refractivity contribution is -0.132. The minimum atomic E-state index is -0.846. The van der Waals surface area contributed by atoms with Crippen LogP contribution in [-0.2, 0) is 9.59 Å². The van der Waals surface area contributed by atoms with E-state index in [2.05, 4.69) is 11.9 Å². The fourth-order valence-electron chi connectivity index (χ4n) is 4.33. The third-order valence-electron chi connectivity index (χ3n) is 6.17. The van der Waals surface area contributed by atoms with Gasteiger partial charge in [0, 0.05) is 5.56 Å². The van der Waals surface area contributed by atoms with Crippen LogP contribution in [-0.4, -0.2) is 28.4 Å². The maximum absolute atomic E-state index is 13.4. The van der Waals surface area contributed by atoms with Crippen LogP contribution in [0, 0.1) is 6.92 Å². The van der Waals surface area contributed by atoms with Crippen LogP contribution in [0.25, 0.3) is 16.0 Å². The maximum atomic E-state index is 13.4. The predicted molar refractivity (Wildman–Crippen MR) is 142 cm³/mol. The number of aromatic nitrogens is 1. The van der Waals surface area contributed by atoms with Crippen LogP contribution in [0.2, 0.25) is 0 Å². The van der Waals surface area contributed by atoms with E-state index in [-0.39, 0.29) is 11.3 Å². The Morgan fingerprint density at radius 1 is 1.06 bits per heavy atom. The van der Waals surface area contributed by atoms with Crippen LogP contribution in [0.5, 0.6) is 5.75 Å². The number of aryl methyl sites for hydroxylation is 1. The highest BCUT2D eigenvalue weighted by atomic mass is 32.1. The van der Waals surface area contributed by atoms with Crippen LogP contribution in [0.4, 0.5) is 5.13 Å². The van der Waals surface area contributed by atoms with Crippen molar-refractivity contribution in [1.29, 1.82) is 0 Å². The van der Waals surface area contributed by atoms with Gasteiger partial charge in [-0.1, -0.05) is 73.2 Å². The monoisotopic (exact) mass is 498 g/mol. The lowest BCUT2D eigenvalue weighted by Crippen LogP contribution is -2.29. The summed E-state index contributed by atoms with van der Waals surface area (Å²) in [7, 11) is 0. The molecule has 1 aliphatic rings. The number of nitrogens with zero attached hydrogens (tertiary/aromatic N) is 2. The molecule has 1 aromatic heterocycles. The summed E-state index contributed by atoms with van der Waals surface area (Å²) in [5, 5.41) is 11.7. The summed E-state index contributed by atoms with van der Waals surface area (Å²) >= 11 is 1.35. The number of rotatable bonds is 7. The van der Waals surface area contributed by atoms with E-state index >= 15 is 0 Å². The van der Waals surface area contributed by atoms with E-state index in [1.165, 1.54) is 16.2 Å². The molecule has 1 N–H and O–H groups in total. The zero-order chi connectivity index (χ0) is 25.2. The molecular weight excluding hydrogens is 472 g/mol. The number of thiazole rings is 1. The van der Waals surface area contributed by atoms with E-state index in [1.807, 2.05) is 55.5 Å². The maximum Gasteiger partial charge on any atom is 0.301 e. The van der Waals surface area contributed by atoms with Gasteiger partial charge in [-0.3, -0.25) is 14.5 Å². The van der Waals surface area contributed by atoms with Gasteiger partial charge in [-0.05, 0) is 48.7 Å². The van der Waals surface area contributed by atoms with Gasteiger partial charge in [0.2, 0.25) is 0 Å². The Hall–Kier alpha value is -3.97. The van der Waals surface area contributed by atoms with E-state index in [4.69, 9.17) is 4.74 Å². The molecule has 182 valence electrons. The van der Waals surface area contributed by atoms with Crippen molar-refractivity contribution in [2.24, 2.45) is 0 Å². The van der Waals surface area contributed by atoms with Gasteiger partial charge in [-0.15, -0.1) is 0 Å². The molecule has 4 aromatic rings. The summed E-state index contributed by atoms with van der Waals surface area (Å²) in [6.07, 6.45) is 1.93. The zero-order valence-corrected chi connectivity index (χ0v) is 20.9. The van der Waals surface area contributed by atoms with Crippen LogP contribution in [0.1, 0.15) is 42.5 Å². The summed E-state index contributed by atoms with van der Waals surface area (Å²) in [5.41, 5.74) is 3.00. The summed E-state index contributed by atoms with van der Waals surface area (Å²) in [5.74, 6) is -1.03. The molecule has 3 aromatic carbocycles. The third kappa shape index (κ3) is 4.38. The average molecular weight is 499 g/mol. The molecule has 0 bridgehead atoms. The SMILES string of the molecule is CCCCOc1cccc(C2C(=C(O)c3ccccc3)C(=O)C(=O)N2c2nc3ccc(C)cc3s2)c1. The number of aliphatic hydroxyl groups excluding tert-OH is 1. The molecule has 36 heavy (non-hydrogen) atoms. The van der Waals surface area contributed by atoms with Gasteiger partial charge < -0.3 is 9.84 Å². The molecule has 1 unspecified atom stereocenters. The Bertz CT molecular complexity index is 1480.